The third kappa shape index (κ3) is 4.52. The largest absolute Gasteiger partial charge is 0.493 e. The molecule has 0 fully saturated rings. The number of aromatic amines is 1. The van der Waals surface area contributed by atoms with Crippen LogP contribution in [0.5, 0.6) is 5.75 Å². The fourth-order valence-corrected chi connectivity index (χ4v) is 6.30. The van der Waals surface area contributed by atoms with Crippen molar-refractivity contribution in [3.05, 3.63) is 34.2 Å². The number of hydrogen-bond acceptors (Lipinski definition) is 8. The molecule has 0 radical (unpaired) electrons. The highest BCUT2D eigenvalue weighted by atomic mass is 32.2. The Morgan fingerprint density at radius 3 is 2.46 bits per heavy atom. The zero-order valence-electron chi connectivity index (χ0n) is 20.6. The topological polar surface area (TPSA) is 132 Å². The number of aryl methyl sites for hydroxylation is 2. The van der Waals surface area contributed by atoms with E-state index < -0.39 is 15.1 Å². The second-order valence-electron chi connectivity index (χ2n) is 8.49. The number of rotatable bonds is 7. The van der Waals surface area contributed by atoms with Gasteiger partial charge in [0.25, 0.3) is 5.56 Å². The van der Waals surface area contributed by atoms with Crippen LogP contribution in [0.2, 0.25) is 0 Å². The molecular weight excluding hydrogens is 468 g/mol. The van der Waals surface area contributed by atoms with E-state index in [9.17, 15) is 13.2 Å². The molecule has 186 valence electrons. The standard InChI is InChI=1S/C24H30N6O4S/c1-6-8-18-20-21(30(5)29-18)24(31)28-23(27-20)17-13-16(9-10-19(17)34-7-2)35(32,33)22-14(3)25-11-12-26-15(22)4/h9-10,13,22H,6-8,11-12H2,1-5H3,(H,27,28,31). The summed E-state index contributed by atoms with van der Waals surface area (Å²) in [7, 11) is -2.16. The van der Waals surface area contributed by atoms with Crippen molar-refractivity contribution < 1.29 is 13.2 Å². The summed E-state index contributed by atoms with van der Waals surface area (Å²) in [5, 5.41) is 3.51. The van der Waals surface area contributed by atoms with E-state index in [0.29, 0.717) is 59.9 Å². The lowest BCUT2D eigenvalue weighted by Crippen LogP contribution is -2.35. The molecule has 1 N–H and O–H groups in total. The Kier molecular flexibility index (Phi) is 6.88. The average Bonchev–Trinajstić information content (AvgIpc) is 3.01. The second kappa shape index (κ2) is 9.73. The van der Waals surface area contributed by atoms with Crippen molar-refractivity contribution in [3.63, 3.8) is 0 Å². The lowest BCUT2D eigenvalue weighted by atomic mass is 10.1. The zero-order valence-corrected chi connectivity index (χ0v) is 21.4. The summed E-state index contributed by atoms with van der Waals surface area (Å²) in [4.78, 5) is 29.3. The lowest BCUT2D eigenvalue weighted by Gasteiger charge is -2.18. The molecule has 11 heteroatoms. The monoisotopic (exact) mass is 498 g/mol. The second-order valence-corrected chi connectivity index (χ2v) is 10.5. The SMILES string of the molecule is CCCc1nn(C)c2c(=O)[nH]c(-c3cc(S(=O)(=O)C4C(C)=NCCN=C4C)ccc3OCC)nc12. The molecule has 0 spiro atoms. The first kappa shape index (κ1) is 24.8. The number of H-pyrrole nitrogens is 1. The van der Waals surface area contributed by atoms with Gasteiger partial charge in [-0.15, -0.1) is 0 Å². The molecule has 0 aliphatic carbocycles. The van der Waals surface area contributed by atoms with Crippen molar-refractivity contribution in [2.45, 2.75) is 50.7 Å². The molecular formula is C24H30N6O4S. The first-order chi connectivity index (χ1) is 16.7. The van der Waals surface area contributed by atoms with Crippen LogP contribution >= 0.6 is 0 Å². The van der Waals surface area contributed by atoms with Gasteiger partial charge in [-0.3, -0.25) is 19.5 Å². The molecule has 0 amide bonds. The van der Waals surface area contributed by atoms with E-state index in [-0.39, 0.29) is 16.3 Å². The van der Waals surface area contributed by atoms with Gasteiger partial charge in [0, 0.05) is 18.5 Å². The van der Waals surface area contributed by atoms with E-state index in [0.717, 1.165) is 12.1 Å². The average molecular weight is 499 g/mol. The number of ether oxygens (including phenoxy) is 1. The summed E-state index contributed by atoms with van der Waals surface area (Å²) in [6, 6.07) is 4.62. The minimum atomic E-state index is -3.86. The Hall–Kier alpha value is -3.34. The molecule has 3 aromatic rings. The number of nitrogens with zero attached hydrogens (tertiary/aromatic N) is 5. The molecule has 1 aliphatic heterocycles. The molecule has 2 aromatic heterocycles. The normalized spacial score (nSPS) is 15.1. The molecule has 3 heterocycles. The van der Waals surface area contributed by atoms with Gasteiger partial charge in [-0.2, -0.15) is 5.10 Å². The Morgan fingerprint density at radius 1 is 1.14 bits per heavy atom. The van der Waals surface area contributed by atoms with Gasteiger partial charge in [-0.25, -0.2) is 13.4 Å². The van der Waals surface area contributed by atoms with Gasteiger partial charge in [0.1, 0.15) is 22.3 Å². The summed E-state index contributed by atoms with van der Waals surface area (Å²) in [5.41, 5.74) is 2.63. The van der Waals surface area contributed by atoms with Crippen LogP contribution in [0.3, 0.4) is 0 Å². The van der Waals surface area contributed by atoms with E-state index in [2.05, 4.69) is 20.1 Å². The van der Waals surface area contributed by atoms with Crippen molar-refractivity contribution in [1.82, 2.24) is 19.7 Å². The zero-order chi connectivity index (χ0) is 25.3. The molecule has 1 aliphatic rings. The Bertz CT molecular complexity index is 1480. The third-order valence-electron chi connectivity index (χ3n) is 5.98. The van der Waals surface area contributed by atoms with Crippen LogP contribution < -0.4 is 10.3 Å². The number of aromatic nitrogens is 4. The van der Waals surface area contributed by atoms with Gasteiger partial charge in [0.2, 0.25) is 0 Å². The number of fused-ring (bicyclic) bond motifs is 1. The number of nitrogens with one attached hydrogen (secondary N) is 1. The fraction of sp³-hybridized carbons (Fsp3) is 0.458. The number of hydrogen-bond donors (Lipinski definition) is 1. The van der Waals surface area contributed by atoms with Crippen LogP contribution in [0, 0.1) is 0 Å². The van der Waals surface area contributed by atoms with Gasteiger partial charge in [-0.05, 0) is 45.4 Å². The van der Waals surface area contributed by atoms with Crippen molar-refractivity contribution >= 4 is 32.3 Å². The fourth-order valence-electron chi connectivity index (χ4n) is 4.44. The molecule has 0 saturated carbocycles. The van der Waals surface area contributed by atoms with Gasteiger partial charge < -0.3 is 9.72 Å². The van der Waals surface area contributed by atoms with Crippen LogP contribution in [0.15, 0.2) is 37.9 Å². The molecule has 0 saturated heterocycles. The Balaban J connectivity index is 1.93. The number of sulfone groups is 1. The van der Waals surface area contributed by atoms with E-state index in [4.69, 9.17) is 9.72 Å². The molecule has 0 bridgehead atoms. The molecule has 0 atom stereocenters. The summed E-state index contributed by atoms with van der Waals surface area (Å²) < 4.78 is 34.8. The molecule has 4 rings (SSSR count). The van der Waals surface area contributed by atoms with Crippen molar-refractivity contribution in [3.8, 4) is 17.1 Å². The molecule has 10 nitrogen and oxygen atoms in total. The van der Waals surface area contributed by atoms with Crippen molar-refractivity contribution in [1.29, 1.82) is 0 Å². The van der Waals surface area contributed by atoms with Gasteiger partial charge in [0.05, 0.1) is 35.8 Å². The van der Waals surface area contributed by atoms with Gasteiger partial charge in [0.15, 0.2) is 15.4 Å². The predicted molar refractivity (Wildman–Crippen MR) is 137 cm³/mol. The van der Waals surface area contributed by atoms with Crippen LogP contribution in [0.25, 0.3) is 22.4 Å². The highest BCUT2D eigenvalue weighted by Crippen LogP contribution is 2.33. The van der Waals surface area contributed by atoms with Gasteiger partial charge >= 0.3 is 0 Å². The quantitative estimate of drug-likeness (QED) is 0.533. The van der Waals surface area contributed by atoms with Crippen LogP contribution in [0.1, 0.15) is 39.8 Å². The van der Waals surface area contributed by atoms with Crippen molar-refractivity contribution in [2.24, 2.45) is 17.0 Å². The Morgan fingerprint density at radius 2 is 1.83 bits per heavy atom. The summed E-state index contributed by atoms with van der Waals surface area (Å²) in [5.74, 6) is 0.650. The predicted octanol–water partition coefficient (Wildman–Crippen LogP) is 2.75. The Labute approximate surface area is 204 Å². The van der Waals surface area contributed by atoms with E-state index in [1.807, 2.05) is 13.8 Å². The van der Waals surface area contributed by atoms with Crippen LogP contribution in [-0.2, 0) is 23.3 Å². The van der Waals surface area contributed by atoms with Crippen molar-refractivity contribution in [2.75, 3.05) is 19.7 Å². The third-order valence-corrected chi connectivity index (χ3v) is 8.19. The van der Waals surface area contributed by atoms with E-state index in [1.54, 1.807) is 27.0 Å². The highest BCUT2D eigenvalue weighted by Gasteiger charge is 2.34. The molecule has 0 unspecified atom stereocenters. The first-order valence-electron chi connectivity index (χ1n) is 11.7. The van der Waals surface area contributed by atoms with Gasteiger partial charge in [-0.1, -0.05) is 13.3 Å². The highest BCUT2D eigenvalue weighted by molar-refractivity contribution is 7.93. The molecule has 1 aromatic carbocycles. The summed E-state index contributed by atoms with van der Waals surface area (Å²) in [6.45, 7) is 8.57. The number of benzene rings is 1. The first-order valence-corrected chi connectivity index (χ1v) is 13.2. The number of aliphatic imine (C=N–C) groups is 2. The maximum atomic E-state index is 13.7. The maximum Gasteiger partial charge on any atom is 0.277 e. The minimum Gasteiger partial charge on any atom is -0.493 e. The van der Waals surface area contributed by atoms with E-state index >= 15 is 0 Å². The maximum absolute atomic E-state index is 13.7. The van der Waals surface area contributed by atoms with E-state index in [1.165, 1.54) is 16.8 Å². The minimum absolute atomic E-state index is 0.0784. The summed E-state index contributed by atoms with van der Waals surface area (Å²) >= 11 is 0. The van der Waals surface area contributed by atoms with Crippen LogP contribution in [0.4, 0.5) is 0 Å². The summed E-state index contributed by atoms with van der Waals surface area (Å²) in [6.07, 6.45) is 1.51. The lowest BCUT2D eigenvalue weighted by molar-refractivity contribution is 0.341. The molecule has 35 heavy (non-hydrogen) atoms. The van der Waals surface area contributed by atoms with Crippen LogP contribution in [-0.4, -0.2) is 64.5 Å². The smallest absolute Gasteiger partial charge is 0.277 e.